The molecule has 1 aromatic carbocycles. The lowest BCUT2D eigenvalue weighted by molar-refractivity contribution is -0.139. The van der Waals surface area contributed by atoms with E-state index in [0.29, 0.717) is 0 Å². The molecule has 0 radical (unpaired) electrons. The Labute approximate surface area is 109 Å². The Kier molecular flexibility index (Phi) is 5.35. The predicted octanol–water partition coefficient (Wildman–Crippen LogP) is 3.24. The van der Waals surface area contributed by atoms with Gasteiger partial charge in [0.15, 0.2) is 0 Å². The molecule has 0 fully saturated rings. The molecule has 0 aromatic heterocycles. The summed E-state index contributed by atoms with van der Waals surface area (Å²) in [6, 6.07) is 8.55. The standard InChI is InChI=1S/C15H23NO2/c1-5-12(3)16(10-15(17)18)13(4)14-9-7-6-8-11(14)2/h6-9,12-13H,5,10H2,1-4H3,(H,17,18). The van der Waals surface area contributed by atoms with Crippen molar-refractivity contribution in [3.63, 3.8) is 0 Å². The third-order valence-corrected chi connectivity index (χ3v) is 3.61. The van der Waals surface area contributed by atoms with Crippen LogP contribution in [0.1, 0.15) is 44.4 Å². The van der Waals surface area contributed by atoms with E-state index in [1.807, 2.05) is 17.0 Å². The van der Waals surface area contributed by atoms with E-state index >= 15 is 0 Å². The maximum atomic E-state index is 11.0. The Hall–Kier alpha value is -1.35. The second-order valence-electron chi connectivity index (χ2n) is 4.86. The zero-order chi connectivity index (χ0) is 13.7. The first-order chi connectivity index (χ1) is 8.47. The van der Waals surface area contributed by atoms with Crippen LogP contribution in [-0.4, -0.2) is 28.6 Å². The first-order valence-corrected chi connectivity index (χ1v) is 6.50. The second-order valence-corrected chi connectivity index (χ2v) is 4.86. The molecule has 100 valence electrons. The number of rotatable bonds is 6. The highest BCUT2D eigenvalue weighted by molar-refractivity contribution is 5.69. The Balaban J connectivity index is 2.98. The average molecular weight is 249 g/mol. The first-order valence-electron chi connectivity index (χ1n) is 6.50. The van der Waals surface area contributed by atoms with Crippen molar-refractivity contribution in [3.8, 4) is 0 Å². The monoisotopic (exact) mass is 249 g/mol. The van der Waals surface area contributed by atoms with Gasteiger partial charge in [-0.1, -0.05) is 31.2 Å². The van der Waals surface area contributed by atoms with E-state index in [2.05, 4.69) is 39.8 Å². The number of carboxylic acids is 1. The van der Waals surface area contributed by atoms with Crippen molar-refractivity contribution < 1.29 is 9.90 Å². The minimum Gasteiger partial charge on any atom is -0.480 e. The van der Waals surface area contributed by atoms with Gasteiger partial charge in [-0.05, 0) is 38.3 Å². The summed E-state index contributed by atoms with van der Waals surface area (Å²) in [6.45, 7) is 8.41. The fourth-order valence-electron chi connectivity index (χ4n) is 2.30. The smallest absolute Gasteiger partial charge is 0.317 e. The van der Waals surface area contributed by atoms with Crippen molar-refractivity contribution in [1.29, 1.82) is 0 Å². The van der Waals surface area contributed by atoms with Crippen molar-refractivity contribution in [2.75, 3.05) is 6.54 Å². The number of hydrogen-bond acceptors (Lipinski definition) is 2. The van der Waals surface area contributed by atoms with Crippen LogP contribution < -0.4 is 0 Å². The van der Waals surface area contributed by atoms with Gasteiger partial charge in [-0.2, -0.15) is 0 Å². The molecular formula is C15H23NO2. The molecule has 3 heteroatoms. The normalized spacial score (nSPS) is 14.5. The molecule has 0 amide bonds. The van der Waals surface area contributed by atoms with Gasteiger partial charge >= 0.3 is 5.97 Å². The molecule has 0 bridgehead atoms. The largest absolute Gasteiger partial charge is 0.480 e. The number of carboxylic acid groups (broad SMARTS) is 1. The molecule has 0 aliphatic rings. The Bertz CT molecular complexity index is 403. The van der Waals surface area contributed by atoms with Crippen LogP contribution in [-0.2, 0) is 4.79 Å². The number of aliphatic carboxylic acids is 1. The van der Waals surface area contributed by atoms with Gasteiger partial charge in [0.2, 0.25) is 0 Å². The van der Waals surface area contributed by atoms with E-state index in [9.17, 15) is 4.79 Å². The predicted molar refractivity (Wildman–Crippen MR) is 73.7 cm³/mol. The summed E-state index contributed by atoms with van der Waals surface area (Å²) in [5, 5.41) is 9.05. The molecular weight excluding hydrogens is 226 g/mol. The van der Waals surface area contributed by atoms with Crippen molar-refractivity contribution in [1.82, 2.24) is 4.90 Å². The van der Waals surface area contributed by atoms with Crippen LogP contribution in [0.15, 0.2) is 24.3 Å². The van der Waals surface area contributed by atoms with E-state index < -0.39 is 5.97 Å². The van der Waals surface area contributed by atoms with Gasteiger partial charge in [0.05, 0.1) is 6.54 Å². The third kappa shape index (κ3) is 3.57. The van der Waals surface area contributed by atoms with Crippen LogP contribution in [0.3, 0.4) is 0 Å². The van der Waals surface area contributed by atoms with Crippen LogP contribution in [0.4, 0.5) is 0 Å². The Morgan fingerprint density at radius 1 is 1.33 bits per heavy atom. The molecule has 1 rings (SSSR count). The number of benzene rings is 1. The van der Waals surface area contributed by atoms with Gasteiger partial charge in [-0.3, -0.25) is 9.69 Å². The number of aryl methyl sites for hydroxylation is 1. The molecule has 0 aliphatic carbocycles. The number of carbonyl (C=O) groups is 1. The van der Waals surface area contributed by atoms with Gasteiger partial charge in [-0.15, -0.1) is 0 Å². The average Bonchev–Trinajstić information content (AvgIpc) is 2.34. The topological polar surface area (TPSA) is 40.5 Å². The number of hydrogen-bond donors (Lipinski definition) is 1. The summed E-state index contributed by atoms with van der Waals surface area (Å²) in [6.07, 6.45) is 0.948. The van der Waals surface area contributed by atoms with Crippen molar-refractivity contribution in [2.45, 2.75) is 46.2 Å². The highest BCUT2D eigenvalue weighted by Gasteiger charge is 2.23. The van der Waals surface area contributed by atoms with Gasteiger partial charge in [0.1, 0.15) is 0 Å². The van der Waals surface area contributed by atoms with Crippen molar-refractivity contribution >= 4 is 5.97 Å². The van der Waals surface area contributed by atoms with Gasteiger partial charge < -0.3 is 5.11 Å². The van der Waals surface area contributed by atoms with Crippen molar-refractivity contribution in [2.24, 2.45) is 0 Å². The van der Waals surface area contributed by atoms with E-state index in [4.69, 9.17) is 5.11 Å². The van der Waals surface area contributed by atoms with Crippen LogP contribution in [0.25, 0.3) is 0 Å². The minimum atomic E-state index is -0.768. The lowest BCUT2D eigenvalue weighted by Crippen LogP contribution is -2.39. The highest BCUT2D eigenvalue weighted by Crippen LogP contribution is 2.25. The molecule has 1 aromatic rings. The van der Waals surface area contributed by atoms with E-state index in [0.717, 1.165) is 6.42 Å². The first kappa shape index (κ1) is 14.7. The second kappa shape index (κ2) is 6.55. The Morgan fingerprint density at radius 2 is 1.94 bits per heavy atom. The van der Waals surface area contributed by atoms with Gasteiger partial charge in [0.25, 0.3) is 0 Å². The molecule has 0 heterocycles. The third-order valence-electron chi connectivity index (χ3n) is 3.61. The molecule has 0 spiro atoms. The van der Waals surface area contributed by atoms with E-state index in [1.165, 1.54) is 11.1 Å². The summed E-state index contributed by atoms with van der Waals surface area (Å²) in [5.41, 5.74) is 2.42. The van der Waals surface area contributed by atoms with Gasteiger partial charge in [0, 0.05) is 12.1 Å². The summed E-state index contributed by atoms with van der Waals surface area (Å²) >= 11 is 0. The molecule has 0 aliphatic heterocycles. The molecule has 18 heavy (non-hydrogen) atoms. The number of nitrogens with zero attached hydrogens (tertiary/aromatic N) is 1. The molecule has 2 atom stereocenters. The highest BCUT2D eigenvalue weighted by atomic mass is 16.4. The zero-order valence-electron chi connectivity index (χ0n) is 11.7. The van der Waals surface area contributed by atoms with Crippen LogP contribution in [0, 0.1) is 6.92 Å². The summed E-state index contributed by atoms with van der Waals surface area (Å²) in [7, 11) is 0. The van der Waals surface area contributed by atoms with Gasteiger partial charge in [-0.25, -0.2) is 0 Å². The van der Waals surface area contributed by atoms with Crippen LogP contribution >= 0.6 is 0 Å². The lowest BCUT2D eigenvalue weighted by atomic mass is 9.99. The molecule has 1 N–H and O–H groups in total. The van der Waals surface area contributed by atoms with E-state index in [-0.39, 0.29) is 18.6 Å². The molecule has 0 saturated heterocycles. The van der Waals surface area contributed by atoms with Crippen LogP contribution in [0.5, 0.6) is 0 Å². The van der Waals surface area contributed by atoms with Crippen LogP contribution in [0.2, 0.25) is 0 Å². The molecule has 0 saturated carbocycles. The summed E-state index contributed by atoms with van der Waals surface area (Å²) in [4.78, 5) is 13.1. The minimum absolute atomic E-state index is 0.0878. The summed E-state index contributed by atoms with van der Waals surface area (Å²) in [5.74, 6) is -0.768. The SMILES string of the molecule is CCC(C)N(CC(=O)O)C(C)c1ccccc1C. The fourth-order valence-corrected chi connectivity index (χ4v) is 2.30. The molecule has 2 unspecified atom stereocenters. The molecule has 3 nitrogen and oxygen atoms in total. The van der Waals surface area contributed by atoms with E-state index in [1.54, 1.807) is 0 Å². The van der Waals surface area contributed by atoms with Crippen molar-refractivity contribution in [3.05, 3.63) is 35.4 Å². The lowest BCUT2D eigenvalue weighted by Gasteiger charge is -2.33. The fraction of sp³-hybridized carbons (Fsp3) is 0.533. The quantitative estimate of drug-likeness (QED) is 0.841. The maximum absolute atomic E-state index is 11.0. The summed E-state index contributed by atoms with van der Waals surface area (Å²) < 4.78 is 0. The Morgan fingerprint density at radius 3 is 2.44 bits per heavy atom. The maximum Gasteiger partial charge on any atom is 0.317 e. The zero-order valence-corrected chi connectivity index (χ0v) is 11.7.